The van der Waals surface area contributed by atoms with Crippen molar-refractivity contribution >= 4 is 22.8 Å². The van der Waals surface area contributed by atoms with Crippen LogP contribution in [0.4, 0.5) is 23.7 Å². The van der Waals surface area contributed by atoms with Gasteiger partial charge in [0.1, 0.15) is 0 Å². The number of aromatic amines is 1. The topological polar surface area (TPSA) is 69.8 Å². The maximum atomic E-state index is 12.8. The quantitative estimate of drug-likeness (QED) is 0.589. The SMILES string of the molecule is CCC1=CC(C)CC(CC)(NC(=O)Nc2ccc3nc(C(F)(F)F)[nH]c3c2)C1. The Bertz CT molecular complexity index is 902. The average Bonchev–Trinajstić information content (AvgIpc) is 3.04. The fourth-order valence-electron chi connectivity index (χ4n) is 3.96. The first kappa shape index (κ1) is 20.2. The van der Waals surface area contributed by atoms with Crippen molar-refractivity contribution in [3.8, 4) is 0 Å². The number of fused-ring (bicyclic) bond motifs is 1. The Balaban J connectivity index is 1.74. The van der Waals surface area contributed by atoms with E-state index in [1.54, 1.807) is 6.07 Å². The Morgan fingerprint density at radius 2 is 2.11 bits per heavy atom. The molecular formula is C20H25F3N4O. The summed E-state index contributed by atoms with van der Waals surface area (Å²) < 4.78 is 38.4. The van der Waals surface area contributed by atoms with E-state index < -0.39 is 12.0 Å². The average molecular weight is 394 g/mol. The van der Waals surface area contributed by atoms with E-state index in [0.717, 1.165) is 25.7 Å². The van der Waals surface area contributed by atoms with Crippen LogP contribution in [0.2, 0.25) is 0 Å². The summed E-state index contributed by atoms with van der Waals surface area (Å²) in [6.07, 6.45) is 1.16. The van der Waals surface area contributed by atoms with Crippen molar-refractivity contribution in [2.24, 2.45) is 5.92 Å². The molecule has 0 spiro atoms. The molecular weight excluding hydrogens is 369 g/mol. The van der Waals surface area contributed by atoms with Gasteiger partial charge in [0.25, 0.3) is 0 Å². The third kappa shape index (κ3) is 4.31. The molecule has 2 atom stereocenters. The standard InChI is InChI=1S/C20H25F3N4O/c1-4-13-8-12(3)10-19(5-2,11-13)27-18(28)24-14-6-7-15-16(9-14)26-17(25-15)20(21,22)23/h6-9,12H,4-5,10-11H2,1-3H3,(H,25,26)(H2,24,27,28). The first-order valence-electron chi connectivity index (χ1n) is 9.50. The molecule has 3 N–H and O–H groups in total. The van der Waals surface area contributed by atoms with Gasteiger partial charge in [-0.25, -0.2) is 9.78 Å². The molecule has 1 aromatic heterocycles. The van der Waals surface area contributed by atoms with Crippen LogP contribution in [-0.4, -0.2) is 21.5 Å². The van der Waals surface area contributed by atoms with Gasteiger partial charge in [0.05, 0.1) is 11.0 Å². The second-order valence-electron chi connectivity index (χ2n) is 7.56. The number of aromatic nitrogens is 2. The molecule has 0 aliphatic heterocycles. The molecule has 28 heavy (non-hydrogen) atoms. The second kappa shape index (κ2) is 7.48. The summed E-state index contributed by atoms with van der Waals surface area (Å²) in [5, 5.41) is 5.84. The minimum atomic E-state index is -4.54. The number of carbonyl (C=O) groups is 1. The Labute approximate surface area is 161 Å². The zero-order chi connectivity index (χ0) is 20.5. The molecule has 1 aromatic carbocycles. The molecule has 1 aliphatic rings. The van der Waals surface area contributed by atoms with Crippen LogP contribution in [0.5, 0.6) is 0 Å². The van der Waals surface area contributed by atoms with Crippen molar-refractivity contribution in [1.82, 2.24) is 15.3 Å². The van der Waals surface area contributed by atoms with E-state index in [2.05, 4.69) is 47.4 Å². The monoisotopic (exact) mass is 394 g/mol. The van der Waals surface area contributed by atoms with Crippen LogP contribution in [-0.2, 0) is 6.18 Å². The van der Waals surface area contributed by atoms with Crippen molar-refractivity contribution in [3.05, 3.63) is 35.7 Å². The molecule has 0 fully saturated rings. The summed E-state index contributed by atoms with van der Waals surface area (Å²) in [5.74, 6) is -0.671. The lowest BCUT2D eigenvalue weighted by Gasteiger charge is -2.40. The number of H-pyrrole nitrogens is 1. The predicted molar refractivity (Wildman–Crippen MR) is 103 cm³/mol. The van der Waals surface area contributed by atoms with Crippen LogP contribution in [0.25, 0.3) is 11.0 Å². The van der Waals surface area contributed by atoms with Crippen LogP contribution >= 0.6 is 0 Å². The molecule has 0 saturated heterocycles. The lowest BCUT2D eigenvalue weighted by atomic mass is 9.75. The van der Waals surface area contributed by atoms with Gasteiger partial charge in [-0.1, -0.05) is 32.4 Å². The number of anilines is 1. The lowest BCUT2D eigenvalue weighted by molar-refractivity contribution is -0.144. The number of hydrogen-bond acceptors (Lipinski definition) is 2. The Hall–Kier alpha value is -2.51. The molecule has 0 radical (unpaired) electrons. The number of halogens is 3. The molecule has 1 heterocycles. The maximum absolute atomic E-state index is 12.8. The van der Waals surface area contributed by atoms with Crippen LogP contribution in [0.15, 0.2) is 29.8 Å². The molecule has 1 aliphatic carbocycles. The van der Waals surface area contributed by atoms with Crippen LogP contribution in [0.1, 0.15) is 52.3 Å². The number of rotatable bonds is 4. The van der Waals surface area contributed by atoms with Crippen LogP contribution in [0.3, 0.4) is 0 Å². The molecule has 2 unspecified atom stereocenters. The van der Waals surface area contributed by atoms with E-state index in [0.29, 0.717) is 11.6 Å². The third-order valence-electron chi connectivity index (χ3n) is 5.32. The van der Waals surface area contributed by atoms with Gasteiger partial charge in [-0.15, -0.1) is 0 Å². The molecule has 0 bridgehead atoms. The number of allylic oxidation sites excluding steroid dienone is 1. The highest BCUT2D eigenvalue weighted by molar-refractivity contribution is 5.92. The number of hydrogen-bond donors (Lipinski definition) is 3. The minimum absolute atomic E-state index is 0.196. The van der Waals surface area contributed by atoms with Crippen LogP contribution in [0, 0.1) is 5.92 Å². The zero-order valence-corrected chi connectivity index (χ0v) is 16.2. The highest BCUT2D eigenvalue weighted by Gasteiger charge is 2.36. The zero-order valence-electron chi connectivity index (χ0n) is 16.2. The predicted octanol–water partition coefficient (Wildman–Crippen LogP) is 5.62. The number of alkyl halides is 3. The Kier molecular flexibility index (Phi) is 5.41. The molecule has 0 saturated carbocycles. The number of urea groups is 1. The van der Waals surface area contributed by atoms with Gasteiger partial charge in [-0.05, 0) is 49.8 Å². The fraction of sp³-hybridized carbons (Fsp3) is 0.500. The summed E-state index contributed by atoms with van der Waals surface area (Å²) in [5.41, 5.74) is 1.84. The summed E-state index contributed by atoms with van der Waals surface area (Å²) in [6.45, 7) is 6.31. The van der Waals surface area contributed by atoms with Gasteiger partial charge >= 0.3 is 12.2 Å². The second-order valence-corrected chi connectivity index (χ2v) is 7.56. The summed E-state index contributed by atoms with van der Waals surface area (Å²) in [6, 6.07) is 4.09. The molecule has 8 heteroatoms. The van der Waals surface area contributed by atoms with E-state index in [1.165, 1.54) is 17.7 Å². The van der Waals surface area contributed by atoms with Gasteiger partial charge in [0, 0.05) is 11.2 Å². The van der Waals surface area contributed by atoms with Crippen molar-refractivity contribution < 1.29 is 18.0 Å². The summed E-state index contributed by atoms with van der Waals surface area (Å²) in [4.78, 5) is 18.4. The molecule has 2 aromatic rings. The van der Waals surface area contributed by atoms with Gasteiger partial charge in [-0.2, -0.15) is 13.2 Å². The molecule has 3 rings (SSSR count). The van der Waals surface area contributed by atoms with E-state index in [-0.39, 0.29) is 22.6 Å². The smallest absolute Gasteiger partial charge is 0.334 e. The van der Waals surface area contributed by atoms with Crippen molar-refractivity contribution in [1.29, 1.82) is 0 Å². The van der Waals surface area contributed by atoms with E-state index >= 15 is 0 Å². The largest absolute Gasteiger partial charge is 0.449 e. The molecule has 152 valence electrons. The maximum Gasteiger partial charge on any atom is 0.449 e. The third-order valence-corrected chi connectivity index (χ3v) is 5.32. The molecule has 5 nitrogen and oxygen atoms in total. The van der Waals surface area contributed by atoms with E-state index in [4.69, 9.17) is 0 Å². The fourth-order valence-corrected chi connectivity index (χ4v) is 3.96. The summed E-state index contributed by atoms with van der Waals surface area (Å²) in [7, 11) is 0. The number of nitrogens with one attached hydrogen (secondary N) is 3. The Morgan fingerprint density at radius 3 is 2.75 bits per heavy atom. The number of nitrogens with zero attached hydrogens (tertiary/aromatic N) is 1. The normalized spacial score (nSPS) is 22.8. The first-order valence-corrected chi connectivity index (χ1v) is 9.50. The highest BCUT2D eigenvalue weighted by Crippen LogP contribution is 2.35. The number of carbonyl (C=O) groups excluding carboxylic acids is 1. The highest BCUT2D eigenvalue weighted by atomic mass is 19.4. The molecule has 2 amide bonds. The van der Waals surface area contributed by atoms with Gasteiger partial charge in [0.2, 0.25) is 5.82 Å². The number of amides is 2. The van der Waals surface area contributed by atoms with Gasteiger partial charge < -0.3 is 15.6 Å². The van der Waals surface area contributed by atoms with Crippen molar-refractivity contribution in [2.75, 3.05) is 5.32 Å². The van der Waals surface area contributed by atoms with Crippen molar-refractivity contribution in [2.45, 2.75) is 58.2 Å². The van der Waals surface area contributed by atoms with E-state index in [9.17, 15) is 18.0 Å². The lowest BCUT2D eigenvalue weighted by Crippen LogP contribution is -2.52. The van der Waals surface area contributed by atoms with Crippen molar-refractivity contribution in [3.63, 3.8) is 0 Å². The van der Waals surface area contributed by atoms with Gasteiger partial charge in [0.15, 0.2) is 0 Å². The number of benzene rings is 1. The first-order chi connectivity index (χ1) is 13.1. The number of imidazole rings is 1. The van der Waals surface area contributed by atoms with Gasteiger partial charge in [-0.3, -0.25) is 0 Å². The summed E-state index contributed by atoms with van der Waals surface area (Å²) >= 11 is 0. The minimum Gasteiger partial charge on any atom is -0.334 e. The Morgan fingerprint density at radius 1 is 1.36 bits per heavy atom. The van der Waals surface area contributed by atoms with Crippen LogP contribution < -0.4 is 10.6 Å². The van der Waals surface area contributed by atoms with E-state index in [1.807, 2.05) is 0 Å².